The van der Waals surface area contributed by atoms with Crippen LogP contribution in [0.5, 0.6) is 5.75 Å². The zero-order valence-electron chi connectivity index (χ0n) is 22.6. The summed E-state index contributed by atoms with van der Waals surface area (Å²) in [6, 6.07) is 27.0. The predicted octanol–water partition coefficient (Wildman–Crippen LogP) is 8.62. The van der Waals surface area contributed by atoms with Gasteiger partial charge in [0.2, 0.25) is 0 Å². The fourth-order valence-electron chi connectivity index (χ4n) is 5.61. The zero-order valence-corrected chi connectivity index (χ0v) is 22.6. The van der Waals surface area contributed by atoms with Gasteiger partial charge in [0.05, 0.1) is 7.11 Å². The first-order valence-electron chi connectivity index (χ1n) is 13.8. The maximum Gasteiger partial charge on any atom is 0.254 e. The average Bonchev–Trinajstić information content (AvgIpc) is 3.67. The van der Waals surface area contributed by atoms with Gasteiger partial charge in [0.15, 0.2) is 0 Å². The van der Waals surface area contributed by atoms with Gasteiger partial charge in [0, 0.05) is 29.6 Å². The van der Waals surface area contributed by atoms with Crippen LogP contribution in [0.3, 0.4) is 0 Å². The highest BCUT2D eigenvalue weighted by Crippen LogP contribution is 2.34. The number of rotatable bonds is 7. The Hall–Kier alpha value is -4.31. The summed E-state index contributed by atoms with van der Waals surface area (Å²) in [7, 11) is 1.66. The van der Waals surface area contributed by atoms with Gasteiger partial charge in [0.25, 0.3) is 5.91 Å². The number of aryl methyl sites for hydroxylation is 1. The standard InChI is InChI=1S/C35H33NO3/c1-3-8-26-21-28(34-23-32-30-10-5-4-9-25(30)15-18-33(32)39-34)14-12-24(26)11-13-27-22-29(38-2)16-17-31(27)35(37)36-19-6-7-20-36/h4-5,9-18,21-23H,3,6-8,19-20H2,1-2H3. The molecule has 0 saturated carbocycles. The highest BCUT2D eigenvalue weighted by Gasteiger charge is 2.21. The van der Waals surface area contributed by atoms with Crippen molar-refractivity contribution in [2.75, 3.05) is 20.2 Å². The predicted molar refractivity (Wildman–Crippen MR) is 160 cm³/mol. The van der Waals surface area contributed by atoms with Crippen LogP contribution in [0.15, 0.2) is 83.3 Å². The molecule has 0 spiro atoms. The van der Waals surface area contributed by atoms with Crippen molar-refractivity contribution in [3.8, 4) is 17.1 Å². The van der Waals surface area contributed by atoms with E-state index in [1.165, 1.54) is 16.3 Å². The Morgan fingerprint density at radius 3 is 2.54 bits per heavy atom. The molecule has 1 amide bonds. The van der Waals surface area contributed by atoms with Crippen LogP contribution in [0, 0.1) is 0 Å². The number of fused-ring (bicyclic) bond motifs is 3. The van der Waals surface area contributed by atoms with E-state index in [0.29, 0.717) is 0 Å². The largest absolute Gasteiger partial charge is 0.497 e. The summed E-state index contributed by atoms with van der Waals surface area (Å²) in [6.07, 6.45) is 8.30. The molecule has 5 aromatic rings. The van der Waals surface area contributed by atoms with E-state index in [2.05, 4.69) is 73.7 Å². The summed E-state index contributed by atoms with van der Waals surface area (Å²) in [4.78, 5) is 15.2. The normalized spacial score (nSPS) is 13.6. The fraction of sp³-hybridized carbons (Fsp3) is 0.229. The molecule has 196 valence electrons. The van der Waals surface area contributed by atoms with Crippen LogP contribution in [-0.4, -0.2) is 31.0 Å². The second-order valence-electron chi connectivity index (χ2n) is 10.3. The molecule has 1 aromatic heterocycles. The summed E-state index contributed by atoms with van der Waals surface area (Å²) >= 11 is 0. The molecule has 2 heterocycles. The van der Waals surface area contributed by atoms with Crippen molar-refractivity contribution in [1.82, 2.24) is 4.90 Å². The molecule has 1 aliphatic heterocycles. The van der Waals surface area contributed by atoms with E-state index in [9.17, 15) is 4.79 Å². The van der Waals surface area contributed by atoms with Crippen LogP contribution in [0.4, 0.5) is 0 Å². The number of methoxy groups -OCH3 is 1. The van der Waals surface area contributed by atoms with Gasteiger partial charge < -0.3 is 14.1 Å². The van der Waals surface area contributed by atoms with E-state index >= 15 is 0 Å². The lowest BCUT2D eigenvalue weighted by Gasteiger charge is -2.17. The molecule has 4 aromatic carbocycles. The third kappa shape index (κ3) is 4.95. The number of hydrogen-bond donors (Lipinski definition) is 0. The number of carbonyl (C=O) groups excluding carboxylic acids is 1. The van der Waals surface area contributed by atoms with Gasteiger partial charge in [0.1, 0.15) is 17.1 Å². The van der Waals surface area contributed by atoms with Gasteiger partial charge in [-0.25, -0.2) is 0 Å². The van der Waals surface area contributed by atoms with Gasteiger partial charge >= 0.3 is 0 Å². The smallest absolute Gasteiger partial charge is 0.254 e. The number of hydrogen-bond acceptors (Lipinski definition) is 3. The van der Waals surface area contributed by atoms with Crippen LogP contribution in [0.1, 0.15) is 53.2 Å². The van der Waals surface area contributed by atoms with E-state index in [1.54, 1.807) is 7.11 Å². The van der Waals surface area contributed by atoms with Gasteiger partial charge in [-0.3, -0.25) is 4.79 Å². The van der Waals surface area contributed by atoms with Crippen LogP contribution in [0.2, 0.25) is 0 Å². The number of furan rings is 1. The van der Waals surface area contributed by atoms with E-state index < -0.39 is 0 Å². The van der Waals surface area contributed by atoms with Crippen molar-refractivity contribution < 1.29 is 13.9 Å². The minimum Gasteiger partial charge on any atom is -0.497 e. The number of carbonyl (C=O) groups is 1. The van der Waals surface area contributed by atoms with E-state index in [0.717, 1.165) is 83.5 Å². The highest BCUT2D eigenvalue weighted by molar-refractivity contribution is 6.07. The highest BCUT2D eigenvalue weighted by atomic mass is 16.5. The molecule has 39 heavy (non-hydrogen) atoms. The molecule has 4 heteroatoms. The molecule has 0 unspecified atom stereocenters. The lowest BCUT2D eigenvalue weighted by molar-refractivity contribution is 0.0792. The van der Waals surface area contributed by atoms with Gasteiger partial charge in [-0.2, -0.15) is 0 Å². The summed E-state index contributed by atoms with van der Waals surface area (Å²) in [5.74, 6) is 1.71. The lowest BCUT2D eigenvalue weighted by atomic mass is 9.97. The first-order chi connectivity index (χ1) is 19.1. The first kappa shape index (κ1) is 25.0. The van der Waals surface area contributed by atoms with Crippen molar-refractivity contribution in [2.45, 2.75) is 32.6 Å². The lowest BCUT2D eigenvalue weighted by Crippen LogP contribution is -2.28. The third-order valence-corrected chi connectivity index (χ3v) is 7.70. The van der Waals surface area contributed by atoms with Crippen LogP contribution < -0.4 is 4.74 Å². The topological polar surface area (TPSA) is 42.7 Å². The van der Waals surface area contributed by atoms with Crippen molar-refractivity contribution in [1.29, 1.82) is 0 Å². The molecule has 0 N–H and O–H groups in total. The Bertz CT molecular complexity index is 1690. The van der Waals surface area contributed by atoms with Crippen LogP contribution in [0.25, 0.3) is 45.2 Å². The van der Waals surface area contributed by atoms with E-state index in [4.69, 9.17) is 9.15 Å². The number of amides is 1. The fourth-order valence-corrected chi connectivity index (χ4v) is 5.61. The Labute approximate surface area is 229 Å². The number of benzene rings is 4. The zero-order chi connectivity index (χ0) is 26.8. The second-order valence-corrected chi connectivity index (χ2v) is 10.3. The minimum absolute atomic E-state index is 0.0938. The molecule has 1 saturated heterocycles. The summed E-state index contributed by atoms with van der Waals surface area (Å²) in [6.45, 7) is 3.85. The van der Waals surface area contributed by atoms with Crippen LogP contribution in [-0.2, 0) is 6.42 Å². The SMILES string of the molecule is CCCc1cc(-c2cc3c(ccc4ccccc43)o2)ccc1C=Cc1cc(OC)ccc1C(=O)N1CCCC1. The molecule has 0 radical (unpaired) electrons. The van der Waals surface area contributed by atoms with Gasteiger partial charge in [-0.1, -0.05) is 68.0 Å². The van der Waals surface area contributed by atoms with Crippen molar-refractivity contribution >= 4 is 39.8 Å². The Balaban J connectivity index is 1.35. The Morgan fingerprint density at radius 1 is 0.897 bits per heavy atom. The number of nitrogens with zero attached hydrogens (tertiary/aromatic N) is 1. The van der Waals surface area contributed by atoms with Gasteiger partial charge in [-0.05, 0) is 83.1 Å². The van der Waals surface area contributed by atoms with Crippen molar-refractivity contribution in [3.05, 3.63) is 101 Å². The first-order valence-corrected chi connectivity index (χ1v) is 13.8. The van der Waals surface area contributed by atoms with E-state index in [1.807, 2.05) is 29.2 Å². The quantitative estimate of drug-likeness (QED) is 0.204. The summed E-state index contributed by atoms with van der Waals surface area (Å²) in [5.41, 5.74) is 5.97. The number of ether oxygens (including phenoxy) is 1. The van der Waals surface area contributed by atoms with E-state index in [-0.39, 0.29) is 5.91 Å². The van der Waals surface area contributed by atoms with Crippen LogP contribution >= 0.6 is 0 Å². The molecule has 1 fully saturated rings. The molecule has 0 aliphatic carbocycles. The molecular formula is C35H33NO3. The van der Waals surface area contributed by atoms with Crippen molar-refractivity contribution in [2.24, 2.45) is 0 Å². The molecule has 6 rings (SSSR count). The van der Waals surface area contributed by atoms with Gasteiger partial charge in [-0.15, -0.1) is 0 Å². The molecule has 1 aliphatic rings. The Kier molecular flexibility index (Phi) is 6.93. The third-order valence-electron chi connectivity index (χ3n) is 7.70. The molecule has 0 bridgehead atoms. The molecular weight excluding hydrogens is 482 g/mol. The summed E-state index contributed by atoms with van der Waals surface area (Å²) in [5, 5.41) is 3.55. The minimum atomic E-state index is 0.0938. The second kappa shape index (κ2) is 10.8. The Morgan fingerprint density at radius 2 is 1.72 bits per heavy atom. The summed E-state index contributed by atoms with van der Waals surface area (Å²) < 4.78 is 11.8. The van der Waals surface area contributed by atoms with Crippen molar-refractivity contribution in [3.63, 3.8) is 0 Å². The monoisotopic (exact) mass is 515 g/mol. The number of likely N-dealkylation sites (tertiary alicyclic amines) is 1. The maximum atomic E-state index is 13.2. The maximum absolute atomic E-state index is 13.2. The average molecular weight is 516 g/mol. The molecule has 4 nitrogen and oxygen atoms in total. The molecule has 0 atom stereocenters.